The van der Waals surface area contributed by atoms with Crippen molar-refractivity contribution >= 4 is 20.6 Å². The molecular weight excluding hydrogens is 141 g/mol. The molecule has 0 aromatic carbocycles. The third kappa shape index (κ3) is 4.19. The Kier molecular flexibility index (Phi) is 3.49. The third-order valence-corrected chi connectivity index (χ3v) is 0.905. The average Bonchev–Trinajstić information content (AvgIpc) is 1.35. The first-order chi connectivity index (χ1) is 2.77. The second kappa shape index (κ2) is 3.38. The fourth-order valence-corrected chi connectivity index (χ4v) is 0.655. The van der Waals surface area contributed by atoms with Crippen molar-refractivity contribution in [3.63, 3.8) is 0 Å². The second-order valence-corrected chi connectivity index (χ2v) is 2.21. The molecule has 0 amide bonds. The van der Waals surface area contributed by atoms with E-state index in [0.717, 1.165) is 12.8 Å². The SMILES string of the molecule is CCCC(=N)[Se]. The zero-order valence-electron chi connectivity index (χ0n) is 3.82. The van der Waals surface area contributed by atoms with Gasteiger partial charge in [0.25, 0.3) is 0 Å². The van der Waals surface area contributed by atoms with Gasteiger partial charge >= 0.3 is 45.8 Å². The van der Waals surface area contributed by atoms with Crippen LogP contribution in [-0.4, -0.2) is 20.6 Å². The van der Waals surface area contributed by atoms with Gasteiger partial charge in [0.1, 0.15) is 0 Å². The first kappa shape index (κ1) is 6.19. The Labute approximate surface area is 46.5 Å². The Morgan fingerprint density at radius 2 is 2.33 bits per heavy atom. The van der Waals surface area contributed by atoms with E-state index in [1.807, 2.05) is 0 Å². The molecule has 0 rings (SSSR count). The van der Waals surface area contributed by atoms with Crippen LogP contribution >= 0.6 is 0 Å². The fourth-order valence-electron chi connectivity index (χ4n) is 0.227. The van der Waals surface area contributed by atoms with Crippen molar-refractivity contribution < 1.29 is 0 Å². The summed E-state index contributed by atoms with van der Waals surface area (Å²) in [6.07, 6.45) is 1.98. The number of nitrogens with one attached hydrogen (secondary N) is 1. The summed E-state index contributed by atoms with van der Waals surface area (Å²) in [4.78, 5) is 0. The standard InChI is InChI=1S/C4H8NSe/c1-2-3-4(5)6/h5H,2-3H2,1H3. The molecule has 6 heavy (non-hydrogen) atoms. The van der Waals surface area contributed by atoms with Crippen LogP contribution in [-0.2, 0) is 0 Å². The van der Waals surface area contributed by atoms with Crippen LogP contribution in [0.4, 0.5) is 0 Å². The summed E-state index contributed by atoms with van der Waals surface area (Å²) in [5.41, 5.74) is 0. The van der Waals surface area contributed by atoms with E-state index in [2.05, 4.69) is 22.9 Å². The molecule has 1 nitrogen and oxygen atoms in total. The fraction of sp³-hybridized carbons (Fsp3) is 0.750. The van der Waals surface area contributed by atoms with Gasteiger partial charge in [-0.05, 0) is 0 Å². The summed E-state index contributed by atoms with van der Waals surface area (Å²) < 4.78 is 0.664. The Bertz CT molecular complexity index is 51.5. The number of rotatable bonds is 2. The zero-order chi connectivity index (χ0) is 4.99. The van der Waals surface area contributed by atoms with Crippen molar-refractivity contribution in [2.24, 2.45) is 0 Å². The van der Waals surface area contributed by atoms with Gasteiger partial charge in [-0.15, -0.1) is 0 Å². The van der Waals surface area contributed by atoms with Crippen LogP contribution in [0.5, 0.6) is 0 Å². The molecule has 0 bridgehead atoms. The van der Waals surface area contributed by atoms with Crippen molar-refractivity contribution in [2.45, 2.75) is 19.8 Å². The summed E-state index contributed by atoms with van der Waals surface area (Å²) in [6.45, 7) is 2.06. The Morgan fingerprint density at radius 3 is 2.33 bits per heavy atom. The molecular formula is C4H8NSe. The third-order valence-electron chi connectivity index (χ3n) is 0.477. The van der Waals surface area contributed by atoms with Gasteiger partial charge in [0.15, 0.2) is 0 Å². The van der Waals surface area contributed by atoms with E-state index in [0.29, 0.717) is 4.61 Å². The van der Waals surface area contributed by atoms with E-state index in [4.69, 9.17) is 5.41 Å². The van der Waals surface area contributed by atoms with Gasteiger partial charge in [0, 0.05) is 0 Å². The molecule has 1 radical (unpaired) electrons. The molecule has 0 aliphatic heterocycles. The van der Waals surface area contributed by atoms with E-state index < -0.39 is 0 Å². The normalized spacial score (nSPS) is 8.17. The summed E-state index contributed by atoms with van der Waals surface area (Å²) in [5, 5.41) is 6.84. The number of hydrogen-bond acceptors (Lipinski definition) is 1. The molecule has 0 unspecified atom stereocenters. The monoisotopic (exact) mass is 150 g/mol. The predicted molar refractivity (Wildman–Crippen MR) is 28.4 cm³/mol. The van der Waals surface area contributed by atoms with Crippen molar-refractivity contribution in [1.82, 2.24) is 0 Å². The summed E-state index contributed by atoms with van der Waals surface area (Å²) in [5.74, 6) is 0. The molecule has 2 heteroatoms. The summed E-state index contributed by atoms with van der Waals surface area (Å²) >= 11 is 2.62. The molecule has 0 aromatic heterocycles. The Balaban J connectivity index is 2.83. The second-order valence-electron chi connectivity index (χ2n) is 1.17. The van der Waals surface area contributed by atoms with Gasteiger partial charge < -0.3 is 0 Å². The van der Waals surface area contributed by atoms with Crippen LogP contribution in [0.3, 0.4) is 0 Å². The molecule has 0 aliphatic carbocycles. The molecule has 0 saturated carbocycles. The van der Waals surface area contributed by atoms with Crippen LogP contribution in [0.25, 0.3) is 0 Å². The topological polar surface area (TPSA) is 23.9 Å². The van der Waals surface area contributed by atoms with Crippen LogP contribution in [0.15, 0.2) is 0 Å². The van der Waals surface area contributed by atoms with Crippen molar-refractivity contribution in [3.8, 4) is 0 Å². The molecule has 0 aliphatic rings. The average molecular weight is 149 g/mol. The van der Waals surface area contributed by atoms with Gasteiger partial charge in [-0.25, -0.2) is 0 Å². The van der Waals surface area contributed by atoms with Crippen molar-refractivity contribution in [1.29, 1.82) is 5.41 Å². The maximum absolute atomic E-state index is 6.84. The molecule has 0 fully saturated rings. The molecule has 35 valence electrons. The summed E-state index contributed by atoms with van der Waals surface area (Å²) in [6, 6.07) is 0. The molecule has 0 spiro atoms. The van der Waals surface area contributed by atoms with E-state index in [1.54, 1.807) is 0 Å². The minimum atomic E-state index is 0.664. The summed E-state index contributed by atoms with van der Waals surface area (Å²) in [7, 11) is 0. The quantitative estimate of drug-likeness (QED) is 0.446. The van der Waals surface area contributed by atoms with Crippen LogP contribution in [0.2, 0.25) is 0 Å². The van der Waals surface area contributed by atoms with E-state index >= 15 is 0 Å². The van der Waals surface area contributed by atoms with Gasteiger partial charge in [0.05, 0.1) is 0 Å². The van der Waals surface area contributed by atoms with Gasteiger partial charge in [-0.2, -0.15) is 0 Å². The Morgan fingerprint density at radius 1 is 1.83 bits per heavy atom. The molecule has 0 atom stereocenters. The van der Waals surface area contributed by atoms with Crippen LogP contribution in [0.1, 0.15) is 19.8 Å². The van der Waals surface area contributed by atoms with Crippen molar-refractivity contribution in [2.75, 3.05) is 0 Å². The van der Waals surface area contributed by atoms with Crippen LogP contribution < -0.4 is 0 Å². The molecule has 0 heterocycles. The minimum absolute atomic E-state index is 0.664. The predicted octanol–water partition coefficient (Wildman–Crippen LogP) is 0.932. The van der Waals surface area contributed by atoms with Gasteiger partial charge in [0.2, 0.25) is 0 Å². The van der Waals surface area contributed by atoms with E-state index in [-0.39, 0.29) is 0 Å². The van der Waals surface area contributed by atoms with Crippen LogP contribution in [0, 0.1) is 5.41 Å². The molecule has 1 N–H and O–H groups in total. The first-order valence-corrected chi connectivity index (χ1v) is 2.87. The molecule has 0 aromatic rings. The molecule has 0 saturated heterocycles. The first-order valence-electron chi connectivity index (χ1n) is 2.01. The van der Waals surface area contributed by atoms with E-state index in [9.17, 15) is 0 Å². The van der Waals surface area contributed by atoms with Gasteiger partial charge in [-0.3, -0.25) is 0 Å². The van der Waals surface area contributed by atoms with E-state index in [1.165, 1.54) is 0 Å². The zero-order valence-corrected chi connectivity index (χ0v) is 5.54. The van der Waals surface area contributed by atoms with Gasteiger partial charge in [-0.1, -0.05) is 0 Å². The van der Waals surface area contributed by atoms with Crippen molar-refractivity contribution in [3.05, 3.63) is 0 Å². The Hall–Kier alpha value is 0.189. The number of hydrogen-bond donors (Lipinski definition) is 1. The maximum atomic E-state index is 6.84.